The zero-order valence-corrected chi connectivity index (χ0v) is 13.0. The predicted octanol–water partition coefficient (Wildman–Crippen LogP) is 2.82. The van der Waals surface area contributed by atoms with Gasteiger partial charge in [0.15, 0.2) is 0 Å². The third-order valence-electron chi connectivity index (χ3n) is 3.21. The van der Waals surface area contributed by atoms with Gasteiger partial charge in [-0.15, -0.1) is 6.58 Å². The van der Waals surface area contributed by atoms with Gasteiger partial charge in [0.25, 0.3) is 5.91 Å². The van der Waals surface area contributed by atoms with Crippen LogP contribution < -0.4 is 10.7 Å². The van der Waals surface area contributed by atoms with Crippen LogP contribution in [0.25, 0.3) is 0 Å². The van der Waals surface area contributed by atoms with Gasteiger partial charge in [-0.1, -0.05) is 18.2 Å². The Morgan fingerprint density at radius 2 is 2.00 bits per heavy atom. The second-order valence-electron chi connectivity index (χ2n) is 5.00. The van der Waals surface area contributed by atoms with Gasteiger partial charge in [0.1, 0.15) is 11.6 Å². The molecule has 0 unspecified atom stereocenters. The van der Waals surface area contributed by atoms with Crippen molar-refractivity contribution in [3.05, 3.63) is 72.1 Å². The molecule has 124 valence electrons. The van der Waals surface area contributed by atoms with Crippen LogP contribution in [0.3, 0.4) is 0 Å². The number of rotatable bonds is 7. The molecular formula is C18H18FN3O2. The number of nitrogens with zero attached hydrogens (tertiary/aromatic N) is 1. The van der Waals surface area contributed by atoms with Crippen molar-refractivity contribution in [3.63, 3.8) is 0 Å². The average Bonchev–Trinajstić information content (AvgIpc) is 2.58. The fourth-order valence-electron chi connectivity index (χ4n) is 2.00. The Morgan fingerprint density at radius 3 is 2.71 bits per heavy atom. The standard InChI is InChI=1S/C18H18FN3O2/c1-2-4-13-5-3-6-14(18(13)24)11-21-22-17(23)12-20-16-9-7-15(19)8-10-16/h2-3,5-11,20,24H,1,4,12H2,(H,22,23)/b21-11+. The number of phenols is 1. The molecule has 0 heterocycles. The summed E-state index contributed by atoms with van der Waals surface area (Å²) in [6.45, 7) is 3.62. The molecule has 1 amide bonds. The zero-order chi connectivity index (χ0) is 17.4. The smallest absolute Gasteiger partial charge is 0.259 e. The van der Waals surface area contributed by atoms with Gasteiger partial charge >= 0.3 is 0 Å². The molecule has 0 aromatic heterocycles. The predicted molar refractivity (Wildman–Crippen MR) is 92.6 cm³/mol. The van der Waals surface area contributed by atoms with E-state index in [0.29, 0.717) is 17.7 Å². The highest BCUT2D eigenvalue weighted by Gasteiger charge is 2.04. The topological polar surface area (TPSA) is 73.7 Å². The van der Waals surface area contributed by atoms with E-state index >= 15 is 0 Å². The summed E-state index contributed by atoms with van der Waals surface area (Å²) in [6, 6.07) is 10.9. The largest absolute Gasteiger partial charge is 0.507 e. The second-order valence-corrected chi connectivity index (χ2v) is 5.00. The van der Waals surface area contributed by atoms with Crippen molar-refractivity contribution in [1.82, 2.24) is 5.43 Å². The minimum Gasteiger partial charge on any atom is -0.507 e. The molecule has 5 nitrogen and oxygen atoms in total. The maximum atomic E-state index is 12.8. The lowest BCUT2D eigenvalue weighted by atomic mass is 10.1. The van der Waals surface area contributed by atoms with Crippen LogP contribution in [0, 0.1) is 5.82 Å². The Bertz CT molecular complexity index is 742. The third-order valence-corrected chi connectivity index (χ3v) is 3.21. The maximum absolute atomic E-state index is 12.8. The third kappa shape index (κ3) is 4.95. The number of hydrogen-bond donors (Lipinski definition) is 3. The number of nitrogens with one attached hydrogen (secondary N) is 2. The molecule has 2 aromatic rings. The van der Waals surface area contributed by atoms with Gasteiger partial charge < -0.3 is 10.4 Å². The van der Waals surface area contributed by atoms with Gasteiger partial charge in [0.2, 0.25) is 0 Å². The Morgan fingerprint density at radius 1 is 1.25 bits per heavy atom. The molecule has 3 N–H and O–H groups in total. The number of para-hydroxylation sites is 1. The van der Waals surface area contributed by atoms with Gasteiger partial charge in [-0.2, -0.15) is 5.10 Å². The van der Waals surface area contributed by atoms with Crippen LogP contribution >= 0.6 is 0 Å². The summed E-state index contributed by atoms with van der Waals surface area (Å²) in [4.78, 5) is 11.7. The first kappa shape index (κ1) is 17.2. The molecule has 0 aliphatic heterocycles. The SMILES string of the molecule is C=CCc1cccc(/C=N/NC(=O)CNc2ccc(F)cc2)c1O. The Balaban J connectivity index is 1.87. The van der Waals surface area contributed by atoms with Crippen molar-refractivity contribution in [2.75, 3.05) is 11.9 Å². The summed E-state index contributed by atoms with van der Waals surface area (Å²) in [6.07, 6.45) is 3.61. The van der Waals surface area contributed by atoms with Crippen LogP contribution in [0.15, 0.2) is 60.2 Å². The molecule has 0 aliphatic rings. The molecular weight excluding hydrogens is 309 g/mol. The van der Waals surface area contributed by atoms with Crippen molar-refractivity contribution in [2.24, 2.45) is 5.10 Å². The summed E-state index contributed by atoms with van der Waals surface area (Å²) in [5, 5.41) is 16.7. The quantitative estimate of drug-likeness (QED) is 0.416. The van der Waals surface area contributed by atoms with E-state index in [0.717, 1.165) is 5.56 Å². The minimum atomic E-state index is -0.364. The van der Waals surface area contributed by atoms with E-state index in [4.69, 9.17) is 0 Å². The molecule has 2 aromatic carbocycles. The summed E-state index contributed by atoms with van der Waals surface area (Å²) in [7, 11) is 0. The maximum Gasteiger partial charge on any atom is 0.259 e. The van der Waals surface area contributed by atoms with Gasteiger partial charge in [0.05, 0.1) is 12.8 Å². The first-order valence-corrected chi connectivity index (χ1v) is 7.33. The molecule has 0 atom stereocenters. The van der Waals surface area contributed by atoms with E-state index in [1.807, 2.05) is 0 Å². The van der Waals surface area contributed by atoms with Crippen LogP contribution in [-0.4, -0.2) is 23.8 Å². The van der Waals surface area contributed by atoms with E-state index in [9.17, 15) is 14.3 Å². The van der Waals surface area contributed by atoms with E-state index in [-0.39, 0.29) is 24.0 Å². The molecule has 24 heavy (non-hydrogen) atoms. The number of anilines is 1. The van der Waals surface area contributed by atoms with Crippen LogP contribution in [0.1, 0.15) is 11.1 Å². The van der Waals surface area contributed by atoms with Gasteiger partial charge in [-0.3, -0.25) is 4.79 Å². The fraction of sp³-hybridized carbons (Fsp3) is 0.111. The fourth-order valence-corrected chi connectivity index (χ4v) is 2.00. The van der Waals surface area contributed by atoms with Crippen LogP contribution in [-0.2, 0) is 11.2 Å². The van der Waals surface area contributed by atoms with Crippen molar-refractivity contribution in [1.29, 1.82) is 0 Å². The van der Waals surface area contributed by atoms with Crippen molar-refractivity contribution in [3.8, 4) is 5.75 Å². The zero-order valence-electron chi connectivity index (χ0n) is 13.0. The molecule has 6 heteroatoms. The summed E-state index contributed by atoms with van der Waals surface area (Å²) >= 11 is 0. The minimum absolute atomic E-state index is 0.00847. The number of aromatic hydroxyl groups is 1. The Kier molecular flexibility index (Phi) is 6.08. The van der Waals surface area contributed by atoms with Gasteiger partial charge in [-0.25, -0.2) is 9.82 Å². The molecule has 2 rings (SSSR count). The Labute approximate surface area is 139 Å². The number of amides is 1. The summed E-state index contributed by atoms with van der Waals surface area (Å²) < 4.78 is 12.8. The van der Waals surface area contributed by atoms with Crippen molar-refractivity contribution in [2.45, 2.75) is 6.42 Å². The number of carbonyl (C=O) groups is 1. The normalized spacial score (nSPS) is 10.5. The lowest BCUT2D eigenvalue weighted by Gasteiger charge is -2.06. The monoisotopic (exact) mass is 327 g/mol. The lowest BCUT2D eigenvalue weighted by Crippen LogP contribution is -2.25. The van der Waals surface area contributed by atoms with Crippen molar-refractivity contribution < 1.29 is 14.3 Å². The first-order chi connectivity index (χ1) is 11.6. The van der Waals surface area contributed by atoms with Gasteiger partial charge in [0, 0.05) is 11.3 Å². The van der Waals surface area contributed by atoms with Crippen molar-refractivity contribution >= 4 is 17.8 Å². The number of benzene rings is 2. The second kappa shape index (κ2) is 8.47. The number of allylic oxidation sites excluding steroid dienone is 1. The molecule has 0 spiro atoms. The molecule has 0 aliphatic carbocycles. The molecule has 0 fully saturated rings. The number of halogens is 1. The molecule has 0 radical (unpaired) electrons. The average molecular weight is 327 g/mol. The number of phenolic OH excluding ortho intramolecular Hbond substituents is 1. The highest BCUT2D eigenvalue weighted by atomic mass is 19.1. The lowest BCUT2D eigenvalue weighted by molar-refractivity contribution is -0.119. The van der Waals surface area contributed by atoms with Crippen LogP contribution in [0.5, 0.6) is 5.75 Å². The molecule has 0 bridgehead atoms. The van der Waals surface area contributed by atoms with E-state index in [2.05, 4.69) is 22.4 Å². The van der Waals surface area contributed by atoms with Crippen LogP contribution in [0.4, 0.5) is 10.1 Å². The van der Waals surface area contributed by atoms with E-state index in [1.54, 1.807) is 24.3 Å². The van der Waals surface area contributed by atoms with E-state index in [1.165, 1.54) is 30.5 Å². The highest BCUT2D eigenvalue weighted by molar-refractivity contribution is 5.86. The number of hydrogen-bond acceptors (Lipinski definition) is 4. The number of carbonyl (C=O) groups excluding carboxylic acids is 1. The highest BCUT2D eigenvalue weighted by Crippen LogP contribution is 2.21. The number of hydrazone groups is 1. The molecule has 0 saturated carbocycles. The summed E-state index contributed by atoms with van der Waals surface area (Å²) in [5.74, 6) is -0.592. The van der Waals surface area contributed by atoms with Gasteiger partial charge in [-0.05, 0) is 42.3 Å². The summed E-state index contributed by atoms with van der Waals surface area (Å²) in [5.41, 5.74) is 4.22. The van der Waals surface area contributed by atoms with E-state index < -0.39 is 0 Å². The Hall–Kier alpha value is -3.15. The molecule has 0 saturated heterocycles. The first-order valence-electron chi connectivity index (χ1n) is 7.33. The van der Waals surface area contributed by atoms with Crippen LogP contribution in [0.2, 0.25) is 0 Å².